The summed E-state index contributed by atoms with van der Waals surface area (Å²) < 4.78 is 15.2. The Kier molecular flexibility index (Phi) is 8.52. The molecule has 1 rings (SSSR count). The third-order valence-corrected chi connectivity index (χ3v) is 3.01. The number of carbonyl (C=O) groups excluding carboxylic acids is 1. The molecule has 0 aliphatic heterocycles. The van der Waals surface area contributed by atoms with Crippen LogP contribution in [0.25, 0.3) is 0 Å². The highest BCUT2D eigenvalue weighted by molar-refractivity contribution is 5.81. The van der Waals surface area contributed by atoms with Crippen LogP contribution in [0.2, 0.25) is 0 Å². The highest BCUT2D eigenvalue weighted by Crippen LogP contribution is 2.18. The maximum absolute atomic E-state index is 11.6. The molecule has 0 aliphatic rings. The van der Waals surface area contributed by atoms with Gasteiger partial charge in [-0.25, -0.2) is 9.59 Å². The molecule has 0 aliphatic carbocycles. The lowest BCUT2D eigenvalue weighted by Gasteiger charge is -2.15. The molecule has 2 N–H and O–H groups in total. The van der Waals surface area contributed by atoms with Gasteiger partial charge < -0.3 is 24.6 Å². The van der Waals surface area contributed by atoms with Crippen LogP contribution in [0.3, 0.4) is 0 Å². The highest BCUT2D eigenvalue weighted by Gasteiger charge is 2.22. The minimum atomic E-state index is -1.17. The van der Waals surface area contributed by atoms with Gasteiger partial charge in [0.15, 0.2) is 6.04 Å². The normalized spacial score (nSPS) is 11.6. The summed E-state index contributed by atoms with van der Waals surface area (Å²) >= 11 is 0. The second kappa shape index (κ2) is 10.4. The van der Waals surface area contributed by atoms with E-state index in [1.165, 1.54) is 0 Å². The van der Waals surface area contributed by atoms with E-state index in [1.54, 1.807) is 31.4 Å². The van der Waals surface area contributed by atoms with Gasteiger partial charge in [-0.2, -0.15) is 0 Å². The summed E-state index contributed by atoms with van der Waals surface area (Å²) in [6.07, 6.45) is 0.880. The van der Waals surface area contributed by atoms with E-state index in [9.17, 15) is 14.7 Å². The number of rotatable bonds is 10. The van der Waals surface area contributed by atoms with Crippen LogP contribution in [0, 0.1) is 0 Å². The van der Waals surface area contributed by atoms with Crippen LogP contribution in [-0.2, 0) is 14.3 Å². The summed E-state index contributed by atoms with van der Waals surface area (Å²) in [5, 5.41) is 11.6. The number of hydrogen-bond donors (Lipinski definition) is 2. The van der Waals surface area contributed by atoms with E-state index < -0.39 is 18.1 Å². The largest absolute Gasteiger partial charge is 0.491 e. The van der Waals surface area contributed by atoms with Crippen molar-refractivity contribution in [2.24, 2.45) is 0 Å². The molecule has 1 amide bonds. The van der Waals surface area contributed by atoms with Crippen molar-refractivity contribution in [2.45, 2.75) is 25.8 Å². The van der Waals surface area contributed by atoms with Gasteiger partial charge in [0.2, 0.25) is 0 Å². The number of unbranched alkanes of at least 4 members (excludes halogenated alkanes) is 1. The van der Waals surface area contributed by atoms with Gasteiger partial charge in [0.1, 0.15) is 12.4 Å². The molecule has 0 bridgehead atoms. The number of carbonyl (C=O) groups is 2. The van der Waals surface area contributed by atoms with Crippen molar-refractivity contribution in [3.05, 3.63) is 29.8 Å². The molecule has 1 aromatic carbocycles. The van der Waals surface area contributed by atoms with Crippen LogP contribution in [0.1, 0.15) is 31.4 Å². The van der Waals surface area contributed by atoms with Crippen LogP contribution < -0.4 is 10.1 Å². The molecule has 0 saturated heterocycles. The Balaban J connectivity index is 2.62. The molecular weight excluding hydrogens is 302 g/mol. The Bertz CT molecular complexity index is 488. The molecule has 7 nitrogen and oxygen atoms in total. The van der Waals surface area contributed by atoms with Crippen LogP contribution in [0.4, 0.5) is 4.79 Å². The van der Waals surface area contributed by atoms with Crippen molar-refractivity contribution in [2.75, 3.05) is 26.9 Å². The zero-order valence-electron chi connectivity index (χ0n) is 13.4. The molecular formula is C16H23NO6. The van der Waals surface area contributed by atoms with Gasteiger partial charge in [0, 0.05) is 7.11 Å². The summed E-state index contributed by atoms with van der Waals surface area (Å²) in [7, 11) is 1.58. The first-order chi connectivity index (χ1) is 11.1. The number of alkyl carbamates (subject to hydrolysis) is 1. The van der Waals surface area contributed by atoms with Crippen LogP contribution >= 0.6 is 0 Å². The Hall–Kier alpha value is -2.28. The van der Waals surface area contributed by atoms with Gasteiger partial charge in [-0.3, -0.25) is 0 Å². The van der Waals surface area contributed by atoms with E-state index in [0.29, 0.717) is 24.5 Å². The topological polar surface area (TPSA) is 94.1 Å². The van der Waals surface area contributed by atoms with Gasteiger partial charge in [-0.05, 0) is 24.1 Å². The quantitative estimate of drug-likeness (QED) is 0.641. The van der Waals surface area contributed by atoms with Crippen molar-refractivity contribution >= 4 is 12.1 Å². The number of hydrogen-bond acceptors (Lipinski definition) is 5. The minimum absolute atomic E-state index is 0.265. The fourth-order valence-electron chi connectivity index (χ4n) is 1.76. The molecule has 0 spiro atoms. The van der Waals surface area contributed by atoms with Crippen molar-refractivity contribution in [1.29, 1.82) is 0 Å². The molecule has 128 valence electrons. The first-order valence-electron chi connectivity index (χ1n) is 7.46. The number of carboxylic acids is 1. The lowest BCUT2D eigenvalue weighted by molar-refractivity contribution is -0.139. The van der Waals surface area contributed by atoms with Crippen LogP contribution in [-0.4, -0.2) is 44.1 Å². The third-order valence-electron chi connectivity index (χ3n) is 3.01. The van der Waals surface area contributed by atoms with Crippen molar-refractivity contribution in [3.8, 4) is 5.75 Å². The summed E-state index contributed by atoms with van der Waals surface area (Å²) in [4.78, 5) is 23.0. The monoisotopic (exact) mass is 325 g/mol. The summed E-state index contributed by atoms with van der Waals surface area (Å²) in [6.45, 7) is 3.10. The van der Waals surface area contributed by atoms with E-state index >= 15 is 0 Å². The van der Waals surface area contributed by atoms with E-state index in [-0.39, 0.29) is 6.61 Å². The highest BCUT2D eigenvalue weighted by atomic mass is 16.5. The van der Waals surface area contributed by atoms with E-state index in [2.05, 4.69) is 5.32 Å². The molecule has 0 saturated carbocycles. The van der Waals surface area contributed by atoms with Gasteiger partial charge in [0.25, 0.3) is 0 Å². The first-order valence-corrected chi connectivity index (χ1v) is 7.46. The van der Waals surface area contributed by atoms with Crippen molar-refractivity contribution in [3.63, 3.8) is 0 Å². The third kappa shape index (κ3) is 7.01. The van der Waals surface area contributed by atoms with Gasteiger partial charge in [-0.1, -0.05) is 25.5 Å². The fourth-order valence-corrected chi connectivity index (χ4v) is 1.76. The lowest BCUT2D eigenvalue weighted by atomic mass is 10.1. The number of carboxylic acid groups (broad SMARTS) is 1. The molecule has 7 heteroatoms. The Morgan fingerprint density at radius 1 is 1.17 bits per heavy atom. The maximum Gasteiger partial charge on any atom is 0.408 e. The molecule has 0 radical (unpaired) electrons. The predicted molar refractivity (Wildman–Crippen MR) is 83.6 cm³/mol. The van der Waals surface area contributed by atoms with E-state index in [0.717, 1.165) is 12.8 Å². The Morgan fingerprint density at radius 3 is 2.43 bits per heavy atom. The van der Waals surface area contributed by atoms with Gasteiger partial charge >= 0.3 is 12.1 Å². The van der Waals surface area contributed by atoms with E-state index in [1.807, 2.05) is 6.92 Å². The SMILES string of the molecule is CCCCOC(=O)NC(C(=O)O)c1ccc(OCCOC)cc1. The fraction of sp³-hybridized carbons (Fsp3) is 0.500. The van der Waals surface area contributed by atoms with Gasteiger partial charge in [-0.15, -0.1) is 0 Å². The van der Waals surface area contributed by atoms with E-state index in [4.69, 9.17) is 14.2 Å². The standard InChI is InChI=1S/C16H23NO6/c1-3-4-9-23-16(20)17-14(15(18)19)12-5-7-13(8-6-12)22-11-10-21-2/h5-8,14H,3-4,9-11H2,1-2H3,(H,17,20)(H,18,19). The van der Waals surface area contributed by atoms with Crippen molar-refractivity contribution in [1.82, 2.24) is 5.32 Å². The second-order valence-electron chi connectivity index (χ2n) is 4.82. The zero-order valence-corrected chi connectivity index (χ0v) is 13.4. The number of methoxy groups -OCH3 is 1. The van der Waals surface area contributed by atoms with Crippen molar-refractivity contribution < 1.29 is 28.9 Å². The number of aliphatic carboxylic acids is 1. The van der Waals surface area contributed by atoms with Gasteiger partial charge in [0.05, 0.1) is 13.2 Å². The first kappa shape index (κ1) is 18.8. The number of benzene rings is 1. The van der Waals surface area contributed by atoms with Crippen LogP contribution in [0.15, 0.2) is 24.3 Å². The summed E-state index contributed by atoms with van der Waals surface area (Å²) in [5.74, 6) is -0.564. The van der Waals surface area contributed by atoms with Crippen LogP contribution in [0.5, 0.6) is 5.75 Å². The average Bonchev–Trinajstić information content (AvgIpc) is 2.54. The minimum Gasteiger partial charge on any atom is -0.491 e. The lowest BCUT2D eigenvalue weighted by Crippen LogP contribution is -2.34. The molecule has 0 aromatic heterocycles. The number of amides is 1. The Morgan fingerprint density at radius 2 is 1.87 bits per heavy atom. The molecule has 0 fully saturated rings. The number of ether oxygens (including phenoxy) is 3. The Labute approximate surface area is 135 Å². The zero-order chi connectivity index (χ0) is 17.1. The molecule has 1 atom stereocenters. The predicted octanol–water partition coefficient (Wildman–Crippen LogP) is 2.36. The molecule has 1 aromatic rings. The second-order valence-corrected chi connectivity index (χ2v) is 4.82. The summed E-state index contributed by atoms with van der Waals surface area (Å²) in [5.41, 5.74) is 0.434. The molecule has 1 unspecified atom stereocenters. The molecule has 0 heterocycles. The summed E-state index contributed by atoms with van der Waals surface area (Å²) in [6, 6.07) is 5.30. The average molecular weight is 325 g/mol. The number of nitrogens with one attached hydrogen (secondary N) is 1. The smallest absolute Gasteiger partial charge is 0.408 e. The molecule has 23 heavy (non-hydrogen) atoms. The maximum atomic E-state index is 11.6.